The summed E-state index contributed by atoms with van der Waals surface area (Å²) >= 11 is 0. The van der Waals surface area contributed by atoms with Gasteiger partial charge in [0.2, 0.25) is 0 Å². The van der Waals surface area contributed by atoms with Crippen LogP contribution in [0.4, 0.5) is 0 Å². The second-order valence-electron chi connectivity index (χ2n) is 3.61. The third-order valence-electron chi connectivity index (χ3n) is 2.62. The molecule has 0 amide bonds. The Morgan fingerprint density at radius 1 is 1.36 bits per heavy atom. The number of hydrogen-bond acceptors (Lipinski definition) is 2. The van der Waals surface area contributed by atoms with E-state index in [0.717, 1.165) is 18.7 Å². The maximum absolute atomic E-state index is 5.17. The van der Waals surface area contributed by atoms with E-state index in [1.54, 1.807) is 7.11 Å². The van der Waals surface area contributed by atoms with Crippen LogP contribution in [0, 0.1) is 6.92 Å². The predicted molar refractivity (Wildman–Crippen MR) is 58.4 cm³/mol. The van der Waals surface area contributed by atoms with Crippen molar-refractivity contribution in [1.29, 1.82) is 0 Å². The Morgan fingerprint density at radius 2 is 2.21 bits per heavy atom. The molecule has 1 aromatic carbocycles. The van der Waals surface area contributed by atoms with E-state index < -0.39 is 0 Å². The van der Waals surface area contributed by atoms with Crippen LogP contribution in [0.3, 0.4) is 0 Å². The Kier molecular flexibility index (Phi) is 2.53. The Balaban J connectivity index is 2.34. The smallest absolute Gasteiger partial charge is 0.119 e. The maximum atomic E-state index is 5.17. The van der Waals surface area contributed by atoms with E-state index in [4.69, 9.17) is 4.74 Å². The largest absolute Gasteiger partial charge is 0.497 e. The SMILES string of the molecule is COc1ccc(C2=NCCC2)c(C)c1. The molecule has 0 saturated heterocycles. The fraction of sp³-hybridized carbons (Fsp3) is 0.417. The molecule has 0 bridgehead atoms. The van der Waals surface area contributed by atoms with Crippen molar-refractivity contribution >= 4 is 5.71 Å². The number of hydrogen-bond donors (Lipinski definition) is 0. The molecule has 0 saturated carbocycles. The number of methoxy groups -OCH3 is 1. The van der Waals surface area contributed by atoms with E-state index in [0.29, 0.717) is 0 Å². The van der Waals surface area contributed by atoms with Gasteiger partial charge in [-0.15, -0.1) is 0 Å². The third kappa shape index (κ3) is 1.65. The van der Waals surface area contributed by atoms with Gasteiger partial charge in [-0.05, 0) is 49.1 Å². The zero-order valence-corrected chi connectivity index (χ0v) is 8.71. The number of nitrogens with zero attached hydrogens (tertiary/aromatic N) is 1. The Labute approximate surface area is 84.6 Å². The van der Waals surface area contributed by atoms with Crippen LogP contribution >= 0.6 is 0 Å². The Bertz CT molecular complexity index is 369. The van der Waals surface area contributed by atoms with Crippen LogP contribution in [0.5, 0.6) is 5.75 Å². The molecule has 0 aliphatic carbocycles. The van der Waals surface area contributed by atoms with Crippen molar-refractivity contribution in [2.45, 2.75) is 19.8 Å². The number of aryl methyl sites for hydroxylation is 1. The fourth-order valence-electron chi connectivity index (χ4n) is 1.85. The van der Waals surface area contributed by atoms with Gasteiger partial charge in [0, 0.05) is 12.3 Å². The Morgan fingerprint density at radius 3 is 2.79 bits per heavy atom. The first-order chi connectivity index (χ1) is 6.81. The third-order valence-corrected chi connectivity index (χ3v) is 2.62. The van der Waals surface area contributed by atoms with Crippen molar-refractivity contribution < 1.29 is 4.74 Å². The summed E-state index contributed by atoms with van der Waals surface area (Å²) in [5.41, 5.74) is 3.79. The van der Waals surface area contributed by atoms with Gasteiger partial charge >= 0.3 is 0 Å². The van der Waals surface area contributed by atoms with E-state index in [-0.39, 0.29) is 0 Å². The predicted octanol–water partition coefficient (Wildman–Crippen LogP) is 2.59. The molecule has 74 valence electrons. The Hall–Kier alpha value is -1.31. The molecule has 2 rings (SSSR count). The number of benzene rings is 1. The molecule has 0 atom stereocenters. The van der Waals surface area contributed by atoms with Crippen LogP contribution < -0.4 is 4.74 Å². The van der Waals surface area contributed by atoms with Crippen LogP contribution in [-0.2, 0) is 0 Å². The topological polar surface area (TPSA) is 21.6 Å². The monoisotopic (exact) mass is 189 g/mol. The van der Waals surface area contributed by atoms with Crippen molar-refractivity contribution in [1.82, 2.24) is 0 Å². The van der Waals surface area contributed by atoms with Crippen molar-refractivity contribution in [2.24, 2.45) is 4.99 Å². The highest BCUT2D eigenvalue weighted by Gasteiger charge is 2.11. The normalized spacial score (nSPS) is 15.4. The summed E-state index contributed by atoms with van der Waals surface area (Å²) in [6.45, 7) is 3.10. The summed E-state index contributed by atoms with van der Waals surface area (Å²) in [6, 6.07) is 6.18. The van der Waals surface area contributed by atoms with Gasteiger partial charge in [0.05, 0.1) is 7.11 Å². The van der Waals surface area contributed by atoms with Crippen molar-refractivity contribution in [3.05, 3.63) is 29.3 Å². The van der Waals surface area contributed by atoms with E-state index in [1.807, 2.05) is 6.07 Å². The number of aliphatic imine (C=N–C) groups is 1. The van der Waals surface area contributed by atoms with Gasteiger partial charge in [0.1, 0.15) is 5.75 Å². The average molecular weight is 189 g/mol. The molecule has 2 nitrogen and oxygen atoms in total. The van der Waals surface area contributed by atoms with Crippen LogP contribution in [0.25, 0.3) is 0 Å². The van der Waals surface area contributed by atoms with Gasteiger partial charge in [-0.1, -0.05) is 0 Å². The number of rotatable bonds is 2. The van der Waals surface area contributed by atoms with Crippen LogP contribution in [0.15, 0.2) is 23.2 Å². The minimum Gasteiger partial charge on any atom is -0.497 e. The molecule has 14 heavy (non-hydrogen) atoms. The molecule has 0 unspecified atom stereocenters. The lowest BCUT2D eigenvalue weighted by molar-refractivity contribution is 0.414. The first kappa shape index (κ1) is 9.25. The van der Waals surface area contributed by atoms with Gasteiger partial charge in [-0.3, -0.25) is 4.99 Å². The quantitative estimate of drug-likeness (QED) is 0.700. The van der Waals surface area contributed by atoms with Gasteiger partial charge in [-0.2, -0.15) is 0 Å². The summed E-state index contributed by atoms with van der Waals surface area (Å²) in [5.74, 6) is 0.921. The first-order valence-electron chi connectivity index (χ1n) is 4.99. The van der Waals surface area contributed by atoms with Gasteiger partial charge < -0.3 is 4.74 Å². The molecule has 1 aliphatic rings. The zero-order valence-electron chi connectivity index (χ0n) is 8.71. The van der Waals surface area contributed by atoms with Gasteiger partial charge in [0.25, 0.3) is 0 Å². The highest BCUT2D eigenvalue weighted by atomic mass is 16.5. The fourth-order valence-corrected chi connectivity index (χ4v) is 1.85. The average Bonchev–Trinajstić information content (AvgIpc) is 2.70. The molecule has 0 fully saturated rings. The van der Waals surface area contributed by atoms with Crippen molar-refractivity contribution in [3.8, 4) is 5.75 Å². The summed E-state index contributed by atoms with van der Waals surface area (Å²) in [4.78, 5) is 4.50. The molecule has 1 heterocycles. The van der Waals surface area contributed by atoms with Crippen LogP contribution in [0.1, 0.15) is 24.0 Å². The highest BCUT2D eigenvalue weighted by Crippen LogP contribution is 2.21. The summed E-state index contributed by atoms with van der Waals surface area (Å²) < 4.78 is 5.17. The molecule has 0 aromatic heterocycles. The van der Waals surface area contributed by atoms with E-state index in [1.165, 1.54) is 23.3 Å². The molecular formula is C12H15NO. The van der Waals surface area contributed by atoms with Gasteiger partial charge in [0.15, 0.2) is 0 Å². The standard InChI is InChI=1S/C12H15NO/c1-9-8-10(14-2)5-6-11(9)12-4-3-7-13-12/h5-6,8H,3-4,7H2,1-2H3. The van der Waals surface area contributed by atoms with E-state index in [2.05, 4.69) is 24.0 Å². The lowest BCUT2D eigenvalue weighted by Crippen LogP contribution is -1.99. The van der Waals surface area contributed by atoms with E-state index in [9.17, 15) is 0 Å². The van der Waals surface area contributed by atoms with Crippen LogP contribution in [-0.4, -0.2) is 19.4 Å². The molecule has 1 aliphatic heterocycles. The molecule has 0 N–H and O–H groups in total. The first-order valence-corrected chi connectivity index (χ1v) is 4.99. The molecule has 0 radical (unpaired) electrons. The minimum atomic E-state index is 0.921. The molecule has 0 spiro atoms. The number of ether oxygens (including phenoxy) is 1. The van der Waals surface area contributed by atoms with E-state index >= 15 is 0 Å². The lowest BCUT2D eigenvalue weighted by Gasteiger charge is -2.07. The van der Waals surface area contributed by atoms with Gasteiger partial charge in [-0.25, -0.2) is 0 Å². The second-order valence-corrected chi connectivity index (χ2v) is 3.61. The summed E-state index contributed by atoms with van der Waals surface area (Å²) in [5, 5.41) is 0. The molecular weight excluding hydrogens is 174 g/mol. The maximum Gasteiger partial charge on any atom is 0.119 e. The minimum absolute atomic E-state index is 0.921. The zero-order chi connectivity index (χ0) is 9.97. The lowest BCUT2D eigenvalue weighted by atomic mass is 10.0. The molecule has 2 heteroatoms. The molecule has 1 aromatic rings. The summed E-state index contributed by atoms with van der Waals surface area (Å²) in [7, 11) is 1.70. The highest BCUT2D eigenvalue weighted by molar-refractivity contribution is 6.02. The van der Waals surface area contributed by atoms with Crippen molar-refractivity contribution in [3.63, 3.8) is 0 Å². The summed E-state index contributed by atoms with van der Waals surface area (Å²) in [6.07, 6.45) is 2.31. The second kappa shape index (κ2) is 3.82. The van der Waals surface area contributed by atoms with Crippen LogP contribution in [0.2, 0.25) is 0 Å². The van der Waals surface area contributed by atoms with Crippen molar-refractivity contribution in [2.75, 3.05) is 13.7 Å².